The number of anilines is 2. The van der Waals surface area contributed by atoms with E-state index in [9.17, 15) is 14.7 Å². The number of urea groups is 1. The summed E-state index contributed by atoms with van der Waals surface area (Å²) < 4.78 is 0. The highest BCUT2D eigenvalue weighted by atomic mass is 35.5. The van der Waals surface area contributed by atoms with Gasteiger partial charge in [-0.15, -0.1) is 0 Å². The molecule has 3 rings (SSSR count). The SMILES string of the molecule is CC(C)(O)c1n[nH]c(CNC(=O)Nc2cccc(C(=O)Nc3ccc(Cl)cn3)c2)n1. The monoisotopic (exact) mass is 429 g/mol. The van der Waals surface area contributed by atoms with Crippen LogP contribution >= 0.6 is 11.6 Å². The molecule has 2 heterocycles. The van der Waals surface area contributed by atoms with E-state index in [4.69, 9.17) is 11.6 Å². The molecule has 0 spiro atoms. The van der Waals surface area contributed by atoms with Crippen LogP contribution < -0.4 is 16.0 Å². The molecule has 0 unspecified atom stereocenters. The molecule has 30 heavy (non-hydrogen) atoms. The first-order valence-electron chi connectivity index (χ1n) is 8.92. The molecule has 0 saturated heterocycles. The van der Waals surface area contributed by atoms with E-state index in [1.807, 2.05) is 0 Å². The molecule has 5 N–H and O–H groups in total. The van der Waals surface area contributed by atoms with Crippen LogP contribution in [0.5, 0.6) is 0 Å². The number of nitrogens with zero attached hydrogens (tertiary/aromatic N) is 3. The molecule has 0 fully saturated rings. The molecule has 10 nitrogen and oxygen atoms in total. The number of amides is 3. The smallest absolute Gasteiger partial charge is 0.319 e. The topological polar surface area (TPSA) is 145 Å². The second-order valence-corrected chi connectivity index (χ2v) is 7.31. The number of nitrogens with one attached hydrogen (secondary N) is 4. The predicted molar refractivity (Wildman–Crippen MR) is 111 cm³/mol. The number of rotatable bonds is 6. The second-order valence-electron chi connectivity index (χ2n) is 6.87. The van der Waals surface area contributed by atoms with E-state index in [1.54, 1.807) is 44.2 Å². The van der Waals surface area contributed by atoms with E-state index in [0.29, 0.717) is 27.9 Å². The molecule has 11 heteroatoms. The summed E-state index contributed by atoms with van der Waals surface area (Å²) in [5.74, 6) is 0.604. The van der Waals surface area contributed by atoms with Crippen molar-refractivity contribution in [3.05, 3.63) is 64.8 Å². The fraction of sp³-hybridized carbons (Fsp3) is 0.211. The lowest BCUT2D eigenvalue weighted by Crippen LogP contribution is -2.28. The van der Waals surface area contributed by atoms with Gasteiger partial charge in [-0.2, -0.15) is 5.10 Å². The molecule has 0 aliphatic carbocycles. The summed E-state index contributed by atoms with van der Waals surface area (Å²) >= 11 is 5.78. The molecule has 0 atom stereocenters. The van der Waals surface area contributed by atoms with Crippen LogP contribution in [0, 0.1) is 0 Å². The third-order valence-corrected chi connectivity index (χ3v) is 4.07. The molecule has 0 radical (unpaired) electrons. The van der Waals surface area contributed by atoms with Crippen molar-refractivity contribution in [1.29, 1.82) is 0 Å². The number of pyridine rings is 1. The molecule has 1 aromatic carbocycles. The molecule has 3 amide bonds. The van der Waals surface area contributed by atoms with Gasteiger partial charge in [0.05, 0.1) is 11.6 Å². The maximum absolute atomic E-state index is 12.4. The maximum Gasteiger partial charge on any atom is 0.319 e. The Bertz CT molecular complexity index is 1040. The quantitative estimate of drug-likeness (QED) is 0.407. The highest BCUT2D eigenvalue weighted by Crippen LogP contribution is 2.15. The summed E-state index contributed by atoms with van der Waals surface area (Å²) in [6.07, 6.45) is 1.43. The average molecular weight is 430 g/mol. The van der Waals surface area contributed by atoms with Gasteiger partial charge in [-0.25, -0.2) is 14.8 Å². The van der Waals surface area contributed by atoms with Crippen LogP contribution in [0.2, 0.25) is 5.02 Å². The van der Waals surface area contributed by atoms with Crippen molar-refractivity contribution >= 4 is 35.0 Å². The molecular weight excluding hydrogens is 410 g/mol. The van der Waals surface area contributed by atoms with Gasteiger partial charge in [0.25, 0.3) is 5.91 Å². The maximum atomic E-state index is 12.4. The first kappa shape index (κ1) is 21.2. The molecule has 3 aromatic rings. The van der Waals surface area contributed by atoms with Crippen LogP contribution in [0.1, 0.15) is 35.9 Å². The second kappa shape index (κ2) is 8.89. The van der Waals surface area contributed by atoms with Gasteiger partial charge in [-0.3, -0.25) is 9.89 Å². The van der Waals surface area contributed by atoms with Crippen molar-refractivity contribution in [2.75, 3.05) is 10.6 Å². The van der Waals surface area contributed by atoms with E-state index in [2.05, 4.69) is 36.1 Å². The zero-order chi connectivity index (χ0) is 21.7. The average Bonchev–Trinajstić information content (AvgIpc) is 3.18. The Balaban J connectivity index is 1.56. The van der Waals surface area contributed by atoms with Crippen LogP contribution in [-0.4, -0.2) is 37.2 Å². The van der Waals surface area contributed by atoms with Gasteiger partial charge in [0, 0.05) is 17.4 Å². The minimum atomic E-state index is -1.18. The summed E-state index contributed by atoms with van der Waals surface area (Å²) in [6.45, 7) is 3.20. The van der Waals surface area contributed by atoms with Crippen LogP contribution in [0.3, 0.4) is 0 Å². The first-order valence-corrected chi connectivity index (χ1v) is 9.30. The summed E-state index contributed by atoms with van der Waals surface area (Å²) in [4.78, 5) is 32.6. The lowest BCUT2D eigenvalue weighted by Gasteiger charge is -2.11. The standard InChI is InChI=1S/C19H20ClN7O3/c1-19(2,30)17-25-15(26-27-17)10-22-18(29)23-13-5-3-4-11(8-13)16(28)24-14-7-6-12(20)9-21-14/h3-9,30H,10H2,1-2H3,(H,21,24,28)(H2,22,23,29)(H,25,26,27). The number of hydrogen-bond donors (Lipinski definition) is 5. The fourth-order valence-electron chi connectivity index (χ4n) is 2.36. The van der Waals surface area contributed by atoms with Gasteiger partial charge >= 0.3 is 6.03 Å². The normalized spacial score (nSPS) is 11.1. The van der Waals surface area contributed by atoms with Gasteiger partial charge in [0.1, 0.15) is 17.2 Å². The minimum Gasteiger partial charge on any atom is -0.382 e. The number of aromatic nitrogens is 4. The van der Waals surface area contributed by atoms with E-state index < -0.39 is 11.6 Å². The summed E-state index contributed by atoms with van der Waals surface area (Å²) in [6, 6.07) is 9.15. The molecule has 0 aliphatic heterocycles. The Kier molecular flexibility index (Phi) is 6.28. The van der Waals surface area contributed by atoms with Crippen molar-refractivity contribution < 1.29 is 14.7 Å². The lowest BCUT2D eigenvalue weighted by atomic mass is 10.1. The molecule has 0 aliphatic rings. The first-order chi connectivity index (χ1) is 14.2. The fourth-order valence-corrected chi connectivity index (χ4v) is 2.48. The Morgan fingerprint density at radius 3 is 2.67 bits per heavy atom. The van der Waals surface area contributed by atoms with Crippen molar-refractivity contribution in [1.82, 2.24) is 25.5 Å². The number of aliphatic hydroxyl groups is 1. The highest BCUT2D eigenvalue weighted by Gasteiger charge is 2.21. The third kappa shape index (κ3) is 5.75. The number of H-pyrrole nitrogens is 1. The molecule has 0 saturated carbocycles. The van der Waals surface area contributed by atoms with E-state index >= 15 is 0 Å². The summed E-state index contributed by atoms with van der Waals surface area (Å²) in [5, 5.41) is 24.8. The van der Waals surface area contributed by atoms with Crippen LogP contribution in [-0.2, 0) is 12.1 Å². The number of carbonyl (C=O) groups excluding carboxylic acids is 2. The summed E-state index contributed by atoms with van der Waals surface area (Å²) in [7, 11) is 0. The number of aromatic amines is 1. The van der Waals surface area contributed by atoms with Gasteiger partial charge in [-0.05, 0) is 44.2 Å². The van der Waals surface area contributed by atoms with Crippen molar-refractivity contribution in [3.8, 4) is 0 Å². The Hall–Kier alpha value is -3.50. The van der Waals surface area contributed by atoms with Crippen LogP contribution in [0.15, 0.2) is 42.6 Å². The van der Waals surface area contributed by atoms with Crippen molar-refractivity contribution in [2.24, 2.45) is 0 Å². The van der Waals surface area contributed by atoms with Crippen LogP contribution in [0.4, 0.5) is 16.3 Å². The van der Waals surface area contributed by atoms with Gasteiger partial charge < -0.3 is 21.1 Å². The minimum absolute atomic E-state index is 0.0807. The van der Waals surface area contributed by atoms with Gasteiger partial charge in [0.15, 0.2) is 5.82 Å². The van der Waals surface area contributed by atoms with Crippen molar-refractivity contribution in [2.45, 2.75) is 26.0 Å². The Morgan fingerprint density at radius 1 is 1.20 bits per heavy atom. The van der Waals surface area contributed by atoms with E-state index in [0.717, 1.165) is 0 Å². The number of benzene rings is 1. The third-order valence-electron chi connectivity index (χ3n) is 3.85. The predicted octanol–water partition coefficient (Wildman–Crippen LogP) is 2.65. The Morgan fingerprint density at radius 2 is 2.00 bits per heavy atom. The number of hydrogen-bond acceptors (Lipinski definition) is 6. The van der Waals surface area contributed by atoms with Crippen molar-refractivity contribution in [3.63, 3.8) is 0 Å². The molecule has 0 bridgehead atoms. The van der Waals surface area contributed by atoms with E-state index in [-0.39, 0.29) is 18.3 Å². The lowest BCUT2D eigenvalue weighted by molar-refractivity contribution is 0.0690. The van der Waals surface area contributed by atoms with Crippen LogP contribution in [0.25, 0.3) is 0 Å². The number of halogens is 1. The van der Waals surface area contributed by atoms with Gasteiger partial charge in [-0.1, -0.05) is 17.7 Å². The zero-order valence-corrected chi connectivity index (χ0v) is 17.0. The molecule has 156 valence electrons. The van der Waals surface area contributed by atoms with E-state index in [1.165, 1.54) is 12.3 Å². The molecule has 2 aromatic heterocycles. The largest absolute Gasteiger partial charge is 0.382 e. The Labute approximate surface area is 177 Å². The summed E-state index contributed by atoms with van der Waals surface area (Å²) in [5.41, 5.74) is -0.409. The highest BCUT2D eigenvalue weighted by molar-refractivity contribution is 6.30. The van der Waals surface area contributed by atoms with Gasteiger partial charge in [0.2, 0.25) is 0 Å². The zero-order valence-electron chi connectivity index (χ0n) is 16.2. The molecular formula is C19H20ClN7O3. The number of carbonyl (C=O) groups is 2.